The zero-order valence-electron chi connectivity index (χ0n) is 11.1. The van der Waals surface area contributed by atoms with Gasteiger partial charge < -0.3 is 14.0 Å². The number of aryl methyl sites for hydroxylation is 2. The fourth-order valence-electron chi connectivity index (χ4n) is 1.71. The second-order valence-corrected chi connectivity index (χ2v) is 4.07. The highest BCUT2D eigenvalue weighted by molar-refractivity contribution is 5.46. The third-order valence-corrected chi connectivity index (χ3v) is 2.85. The van der Waals surface area contributed by atoms with Crippen molar-refractivity contribution in [2.24, 2.45) is 0 Å². The second-order valence-electron chi connectivity index (χ2n) is 4.07. The molecule has 5 heteroatoms. The van der Waals surface area contributed by atoms with Crippen molar-refractivity contribution >= 4 is 0 Å². The predicted octanol–water partition coefficient (Wildman–Crippen LogP) is 2.75. The quantitative estimate of drug-likeness (QED) is 0.843. The summed E-state index contributed by atoms with van der Waals surface area (Å²) in [5, 5.41) is 12.7. The fraction of sp³-hybridized carbons (Fsp3) is 0.286. The van der Waals surface area contributed by atoms with E-state index in [0.717, 1.165) is 17.0 Å². The zero-order valence-corrected chi connectivity index (χ0v) is 11.1. The summed E-state index contributed by atoms with van der Waals surface area (Å²) in [5.41, 5.74) is 2.26. The van der Waals surface area contributed by atoms with Crippen LogP contribution in [0.2, 0.25) is 0 Å². The Morgan fingerprint density at radius 2 is 2.11 bits per heavy atom. The van der Waals surface area contributed by atoms with Crippen molar-refractivity contribution in [1.82, 2.24) is 5.16 Å². The standard InChI is InChI=1S/C14H14N2O3/c1-9-12(10(2)19-16-9)8-18-13-5-4-11(7-15)6-14(13)17-3/h4-6H,8H2,1-3H3. The summed E-state index contributed by atoms with van der Waals surface area (Å²) >= 11 is 0. The van der Waals surface area contributed by atoms with E-state index in [-0.39, 0.29) is 0 Å². The van der Waals surface area contributed by atoms with Crippen molar-refractivity contribution in [3.8, 4) is 17.6 Å². The summed E-state index contributed by atoms with van der Waals surface area (Å²) in [4.78, 5) is 0. The van der Waals surface area contributed by atoms with Crippen LogP contribution in [0.15, 0.2) is 22.7 Å². The molecule has 19 heavy (non-hydrogen) atoms. The minimum absolute atomic E-state index is 0.351. The highest BCUT2D eigenvalue weighted by Crippen LogP contribution is 2.29. The molecule has 0 bridgehead atoms. The third kappa shape index (κ3) is 2.68. The van der Waals surface area contributed by atoms with Crippen LogP contribution < -0.4 is 9.47 Å². The van der Waals surface area contributed by atoms with E-state index in [1.54, 1.807) is 25.3 Å². The van der Waals surface area contributed by atoms with Crippen molar-refractivity contribution in [3.63, 3.8) is 0 Å². The van der Waals surface area contributed by atoms with Gasteiger partial charge in [0.05, 0.1) is 30.0 Å². The summed E-state index contributed by atoms with van der Waals surface area (Å²) < 4.78 is 16.0. The van der Waals surface area contributed by atoms with Crippen LogP contribution in [0.1, 0.15) is 22.6 Å². The van der Waals surface area contributed by atoms with E-state index in [4.69, 9.17) is 19.3 Å². The van der Waals surface area contributed by atoms with E-state index >= 15 is 0 Å². The van der Waals surface area contributed by atoms with Crippen molar-refractivity contribution in [3.05, 3.63) is 40.8 Å². The molecule has 0 aliphatic carbocycles. The Kier molecular flexibility index (Phi) is 3.71. The first-order chi connectivity index (χ1) is 9.15. The highest BCUT2D eigenvalue weighted by Gasteiger charge is 2.11. The summed E-state index contributed by atoms with van der Waals surface area (Å²) in [6.45, 7) is 4.06. The number of benzene rings is 1. The van der Waals surface area contributed by atoms with Gasteiger partial charge in [0.2, 0.25) is 0 Å². The van der Waals surface area contributed by atoms with E-state index in [0.29, 0.717) is 23.7 Å². The molecule has 0 unspecified atom stereocenters. The van der Waals surface area contributed by atoms with Crippen LogP contribution in [0.4, 0.5) is 0 Å². The summed E-state index contributed by atoms with van der Waals surface area (Å²) in [7, 11) is 1.54. The molecule has 0 N–H and O–H groups in total. The molecule has 0 radical (unpaired) electrons. The van der Waals surface area contributed by atoms with Gasteiger partial charge in [-0.2, -0.15) is 5.26 Å². The number of nitriles is 1. The average Bonchev–Trinajstić information content (AvgIpc) is 2.75. The van der Waals surface area contributed by atoms with Gasteiger partial charge in [0.25, 0.3) is 0 Å². The molecule has 0 amide bonds. The maximum atomic E-state index is 8.83. The molecular formula is C14H14N2O3. The second kappa shape index (κ2) is 5.44. The van der Waals surface area contributed by atoms with Gasteiger partial charge in [-0.1, -0.05) is 5.16 Å². The van der Waals surface area contributed by atoms with Crippen LogP contribution in [0.25, 0.3) is 0 Å². The smallest absolute Gasteiger partial charge is 0.162 e. The number of ether oxygens (including phenoxy) is 2. The zero-order chi connectivity index (χ0) is 13.8. The maximum Gasteiger partial charge on any atom is 0.162 e. The fourth-order valence-corrected chi connectivity index (χ4v) is 1.71. The van der Waals surface area contributed by atoms with E-state index in [1.807, 2.05) is 13.8 Å². The third-order valence-electron chi connectivity index (χ3n) is 2.85. The Hall–Kier alpha value is -2.48. The summed E-state index contributed by atoms with van der Waals surface area (Å²) in [6.07, 6.45) is 0. The largest absolute Gasteiger partial charge is 0.493 e. The Bertz CT molecular complexity index is 607. The lowest BCUT2D eigenvalue weighted by Gasteiger charge is -2.10. The molecule has 2 aromatic rings. The normalized spacial score (nSPS) is 10.0. The molecule has 0 saturated carbocycles. The highest BCUT2D eigenvalue weighted by atomic mass is 16.5. The molecule has 1 aromatic heterocycles. The van der Waals surface area contributed by atoms with E-state index < -0.39 is 0 Å². The summed E-state index contributed by atoms with van der Waals surface area (Å²) in [6, 6.07) is 7.10. The van der Waals surface area contributed by atoms with Crippen LogP contribution in [0.5, 0.6) is 11.5 Å². The molecule has 0 saturated heterocycles. The summed E-state index contributed by atoms with van der Waals surface area (Å²) in [5.74, 6) is 1.86. The van der Waals surface area contributed by atoms with Gasteiger partial charge in [-0.25, -0.2) is 0 Å². The molecule has 0 spiro atoms. The van der Waals surface area contributed by atoms with Gasteiger partial charge in [-0.3, -0.25) is 0 Å². The van der Waals surface area contributed by atoms with E-state index in [1.165, 1.54) is 0 Å². The topological polar surface area (TPSA) is 68.3 Å². The van der Waals surface area contributed by atoms with Gasteiger partial charge in [0.1, 0.15) is 12.4 Å². The molecule has 1 heterocycles. The molecule has 0 aliphatic rings. The van der Waals surface area contributed by atoms with E-state index in [9.17, 15) is 0 Å². The van der Waals surface area contributed by atoms with Crippen LogP contribution >= 0.6 is 0 Å². The van der Waals surface area contributed by atoms with Gasteiger partial charge in [0.15, 0.2) is 11.5 Å². The first-order valence-corrected chi connectivity index (χ1v) is 5.78. The molecule has 1 aromatic carbocycles. The lowest BCUT2D eigenvalue weighted by molar-refractivity contribution is 0.281. The molecular weight excluding hydrogens is 244 g/mol. The molecule has 5 nitrogen and oxygen atoms in total. The van der Waals surface area contributed by atoms with Crippen LogP contribution in [-0.2, 0) is 6.61 Å². The average molecular weight is 258 g/mol. The van der Waals surface area contributed by atoms with Gasteiger partial charge in [0, 0.05) is 6.07 Å². The Balaban J connectivity index is 2.18. The van der Waals surface area contributed by atoms with Gasteiger partial charge >= 0.3 is 0 Å². The predicted molar refractivity (Wildman–Crippen MR) is 68.0 cm³/mol. The first-order valence-electron chi connectivity index (χ1n) is 5.78. The molecule has 0 atom stereocenters. The van der Waals surface area contributed by atoms with Crippen LogP contribution in [-0.4, -0.2) is 12.3 Å². The lowest BCUT2D eigenvalue weighted by Crippen LogP contribution is -1.99. The van der Waals surface area contributed by atoms with Crippen molar-refractivity contribution in [2.45, 2.75) is 20.5 Å². The Morgan fingerprint density at radius 3 is 2.68 bits per heavy atom. The lowest BCUT2D eigenvalue weighted by atomic mass is 10.2. The number of methoxy groups -OCH3 is 1. The van der Waals surface area contributed by atoms with Gasteiger partial charge in [-0.15, -0.1) is 0 Å². The number of hydrogen-bond acceptors (Lipinski definition) is 5. The number of aromatic nitrogens is 1. The molecule has 0 fully saturated rings. The van der Waals surface area contributed by atoms with Crippen LogP contribution in [0.3, 0.4) is 0 Å². The Labute approximate surface area is 111 Å². The Morgan fingerprint density at radius 1 is 1.32 bits per heavy atom. The van der Waals surface area contributed by atoms with Crippen LogP contribution in [0, 0.1) is 25.2 Å². The van der Waals surface area contributed by atoms with E-state index in [2.05, 4.69) is 11.2 Å². The molecule has 98 valence electrons. The minimum Gasteiger partial charge on any atom is -0.493 e. The minimum atomic E-state index is 0.351. The number of rotatable bonds is 4. The van der Waals surface area contributed by atoms with Gasteiger partial charge in [-0.05, 0) is 26.0 Å². The number of nitrogens with zero attached hydrogens (tertiary/aromatic N) is 2. The first kappa shape index (κ1) is 13.0. The molecule has 0 aliphatic heterocycles. The van der Waals surface area contributed by atoms with Crippen molar-refractivity contribution < 1.29 is 14.0 Å². The SMILES string of the molecule is COc1cc(C#N)ccc1OCc1c(C)noc1C. The molecule has 2 rings (SSSR count). The van der Waals surface area contributed by atoms with Crippen molar-refractivity contribution in [1.29, 1.82) is 5.26 Å². The number of hydrogen-bond donors (Lipinski definition) is 0. The maximum absolute atomic E-state index is 8.83. The van der Waals surface area contributed by atoms with Crippen molar-refractivity contribution in [2.75, 3.05) is 7.11 Å². The monoisotopic (exact) mass is 258 g/mol.